The summed E-state index contributed by atoms with van der Waals surface area (Å²) in [5.74, 6) is 4.05. The quantitative estimate of drug-likeness (QED) is 0.121. The third-order valence-corrected chi connectivity index (χ3v) is 9.32. The minimum atomic E-state index is -0.590. The topological polar surface area (TPSA) is 110 Å². The Kier molecular flexibility index (Phi) is 8.23. The molecule has 3 heterocycles. The van der Waals surface area contributed by atoms with Crippen LogP contribution in [0.15, 0.2) is 58.2 Å². The van der Waals surface area contributed by atoms with Gasteiger partial charge in [0.05, 0.1) is 0 Å². The molecule has 3 aromatic rings. The lowest BCUT2D eigenvalue weighted by molar-refractivity contribution is -0.140. The molecule has 9 nitrogen and oxygen atoms in total. The Balaban J connectivity index is 0.000000148. The summed E-state index contributed by atoms with van der Waals surface area (Å²) in [7, 11) is 0. The second-order valence-corrected chi connectivity index (χ2v) is 12.2. The minimum absolute atomic E-state index is 0.205. The van der Waals surface area contributed by atoms with Gasteiger partial charge in [0.15, 0.2) is 5.82 Å². The number of hydrogen-bond donors (Lipinski definition) is 1. The van der Waals surface area contributed by atoms with Gasteiger partial charge in [0.1, 0.15) is 17.6 Å². The van der Waals surface area contributed by atoms with Crippen LogP contribution in [0.2, 0.25) is 10.0 Å². The van der Waals surface area contributed by atoms with E-state index in [9.17, 15) is 4.79 Å². The number of halogens is 4. The monoisotopic (exact) mass is 636 g/mol. The molecular weight excluding hydrogens is 610 g/mol. The predicted octanol–water partition coefficient (Wildman–Crippen LogP) is 5.39. The molecule has 0 amide bonds. The highest BCUT2D eigenvalue weighted by atomic mass is 35.5. The van der Waals surface area contributed by atoms with Crippen molar-refractivity contribution in [1.29, 1.82) is 0 Å². The lowest BCUT2D eigenvalue weighted by Crippen LogP contribution is -2.28. The van der Waals surface area contributed by atoms with Crippen molar-refractivity contribution in [3.63, 3.8) is 0 Å². The van der Waals surface area contributed by atoms with E-state index in [1.54, 1.807) is 0 Å². The van der Waals surface area contributed by atoms with Crippen LogP contribution in [0, 0.1) is 29.6 Å². The summed E-state index contributed by atoms with van der Waals surface area (Å²) in [6.45, 7) is 3.94. The normalized spacial score (nSPS) is 27.6. The van der Waals surface area contributed by atoms with E-state index >= 15 is 0 Å². The molecule has 4 atom stereocenters. The van der Waals surface area contributed by atoms with Crippen molar-refractivity contribution in [3.8, 4) is 0 Å². The van der Waals surface area contributed by atoms with Crippen molar-refractivity contribution in [2.75, 3.05) is 41.9 Å². The van der Waals surface area contributed by atoms with E-state index in [4.69, 9.17) is 56.7 Å². The number of fused-ring (bicyclic) bond motifs is 2. The van der Waals surface area contributed by atoms with Gasteiger partial charge in [-0.3, -0.25) is 0 Å². The van der Waals surface area contributed by atoms with Crippen molar-refractivity contribution in [2.45, 2.75) is 11.8 Å². The van der Waals surface area contributed by atoms with E-state index in [1.807, 2.05) is 36.4 Å². The molecule has 1 aromatic heterocycles. The first-order chi connectivity index (χ1) is 19.9. The largest absolute Gasteiger partial charge is 0.384 e. The molecule has 41 heavy (non-hydrogen) atoms. The molecule has 13 heteroatoms. The molecule has 2 saturated heterocycles. The smallest absolute Gasteiger partial charge is 0.349 e. The van der Waals surface area contributed by atoms with Crippen molar-refractivity contribution >= 4 is 69.6 Å². The van der Waals surface area contributed by atoms with Gasteiger partial charge < -0.3 is 24.9 Å². The summed E-state index contributed by atoms with van der Waals surface area (Å²) in [5, 5.41) is 9.22. The SMILES string of the molecule is ClCc1nc(C2C3CN(c4ccc(Cl)cc4)CC32)no1.N/C(=N\OC(=O)CCl)C1C2CN(c3ccc(Cl)cc3)CC21. The number of carbonyl (C=O) groups excluding carboxylic acids is 1. The summed E-state index contributed by atoms with van der Waals surface area (Å²) >= 11 is 22.8. The first kappa shape index (κ1) is 28.4. The van der Waals surface area contributed by atoms with E-state index in [0.717, 1.165) is 47.7 Å². The molecule has 216 valence electrons. The lowest BCUT2D eigenvalue weighted by Gasteiger charge is -2.21. The van der Waals surface area contributed by atoms with Crippen molar-refractivity contribution in [1.82, 2.24) is 10.1 Å². The van der Waals surface area contributed by atoms with Gasteiger partial charge in [-0.1, -0.05) is 33.5 Å². The number of rotatable bonds is 7. The number of aromatic nitrogens is 2. The molecule has 2 aliphatic heterocycles. The Morgan fingerprint density at radius 2 is 1.41 bits per heavy atom. The number of oxime groups is 1. The van der Waals surface area contributed by atoms with Gasteiger partial charge in [0.25, 0.3) is 0 Å². The van der Waals surface area contributed by atoms with Gasteiger partial charge in [0, 0.05) is 59.4 Å². The molecular formula is C28H28Cl4N6O3. The van der Waals surface area contributed by atoms with E-state index in [-0.39, 0.29) is 17.7 Å². The first-order valence-electron chi connectivity index (χ1n) is 13.3. The zero-order chi connectivity index (χ0) is 28.7. The van der Waals surface area contributed by atoms with Crippen LogP contribution in [-0.2, 0) is 15.5 Å². The van der Waals surface area contributed by atoms with Crippen LogP contribution in [0.3, 0.4) is 0 Å². The molecule has 4 unspecified atom stereocenters. The Morgan fingerprint density at radius 1 is 0.902 bits per heavy atom. The molecule has 2 N–H and O–H groups in total. The fourth-order valence-electron chi connectivity index (χ4n) is 6.25. The third kappa shape index (κ3) is 6.09. The minimum Gasteiger partial charge on any atom is -0.384 e. The average Bonchev–Trinajstić information content (AvgIpc) is 3.52. The van der Waals surface area contributed by atoms with Crippen molar-refractivity contribution in [3.05, 3.63) is 70.3 Å². The summed E-state index contributed by atoms with van der Waals surface area (Å²) in [5.41, 5.74) is 8.26. The van der Waals surface area contributed by atoms with E-state index in [0.29, 0.717) is 41.3 Å². The maximum atomic E-state index is 10.9. The summed E-state index contributed by atoms with van der Waals surface area (Å²) in [6, 6.07) is 15.8. The number of alkyl halides is 2. The summed E-state index contributed by atoms with van der Waals surface area (Å²) < 4.78 is 5.08. The lowest BCUT2D eigenvalue weighted by atomic mass is 10.2. The Hall–Kier alpha value is -2.72. The second-order valence-electron chi connectivity index (χ2n) is 10.8. The second kappa shape index (κ2) is 11.9. The number of benzene rings is 2. The molecule has 2 saturated carbocycles. The summed E-state index contributed by atoms with van der Waals surface area (Å²) in [4.78, 5) is 24.6. The van der Waals surface area contributed by atoms with Crippen LogP contribution in [0.5, 0.6) is 0 Å². The van der Waals surface area contributed by atoms with Crippen molar-refractivity contribution in [2.24, 2.45) is 40.5 Å². The number of anilines is 2. The molecule has 7 rings (SSSR count). The van der Waals surface area contributed by atoms with Crippen LogP contribution >= 0.6 is 46.4 Å². The fraction of sp³-hybridized carbons (Fsp3) is 0.429. The number of nitrogens with two attached hydrogens (primary N) is 1. The highest BCUT2D eigenvalue weighted by Gasteiger charge is 2.59. The van der Waals surface area contributed by atoms with Gasteiger partial charge in [-0.2, -0.15) is 4.98 Å². The van der Waals surface area contributed by atoms with Gasteiger partial charge in [0.2, 0.25) is 5.89 Å². The van der Waals surface area contributed by atoms with Crippen LogP contribution < -0.4 is 15.5 Å². The number of carbonyl (C=O) groups is 1. The van der Waals surface area contributed by atoms with Crippen LogP contribution in [0.4, 0.5) is 11.4 Å². The average molecular weight is 638 g/mol. The Morgan fingerprint density at radius 3 is 1.88 bits per heavy atom. The highest BCUT2D eigenvalue weighted by Crippen LogP contribution is 2.58. The molecule has 4 fully saturated rings. The summed E-state index contributed by atoms with van der Waals surface area (Å²) in [6.07, 6.45) is 0. The molecule has 0 spiro atoms. The van der Waals surface area contributed by atoms with Gasteiger partial charge in [-0.15, -0.1) is 23.2 Å². The van der Waals surface area contributed by atoms with Gasteiger partial charge >= 0.3 is 5.97 Å². The molecule has 2 aromatic carbocycles. The maximum Gasteiger partial charge on any atom is 0.349 e. The first-order valence-corrected chi connectivity index (χ1v) is 15.2. The predicted molar refractivity (Wildman–Crippen MR) is 160 cm³/mol. The fourth-order valence-corrected chi connectivity index (χ4v) is 6.66. The molecule has 4 aliphatic rings. The number of piperidine rings is 2. The van der Waals surface area contributed by atoms with Gasteiger partial charge in [-0.05, 0) is 72.2 Å². The standard InChI is InChI=1S/C14H15Cl2N3O2.C14H13Cl2N3O/c15-5-12(20)21-18-14(17)13-10-6-19(7-11(10)13)9-3-1-8(16)2-4-9;15-5-12-17-14(18-20-12)13-10-6-19(7-11(10)13)9-3-1-8(16)2-4-9/h1-4,10-11,13H,5-7H2,(H2,17,18);1-4,10-11,13H,5-7H2. The number of hydrogen-bond acceptors (Lipinski definition) is 8. The molecule has 0 bridgehead atoms. The number of amidine groups is 1. The van der Waals surface area contributed by atoms with Gasteiger partial charge in [-0.25, -0.2) is 4.79 Å². The van der Waals surface area contributed by atoms with E-state index in [1.165, 1.54) is 5.69 Å². The molecule has 0 radical (unpaired) electrons. The third-order valence-electron chi connectivity index (χ3n) is 8.37. The highest BCUT2D eigenvalue weighted by molar-refractivity contribution is 6.31. The van der Waals surface area contributed by atoms with E-state index in [2.05, 4.69) is 42.1 Å². The molecule has 2 aliphatic carbocycles. The zero-order valence-corrected chi connectivity index (χ0v) is 24.9. The number of nitrogens with zero attached hydrogens (tertiary/aromatic N) is 5. The Labute approximate surface area is 257 Å². The zero-order valence-electron chi connectivity index (χ0n) is 21.9. The van der Waals surface area contributed by atoms with Crippen molar-refractivity contribution < 1.29 is 14.2 Å². The van der Waals surface area contributed by atoms with Crippen LogP contribution in [0.25, 0.3) is 0 Å². The Bertz CT molecular complexity index is 1390. The van der Waals surface area contributed by atoms with Crippen LogP contribution in [0.1, 0.15) is 17.6 Å². The van der Waals surface area contributed by atoms with E-state index < -0.39 is 5.97 Å². The maximum absolute atomic E-state index is 10.9. The van der Waals surface area contributed by atoms with Crippen LogP contribution in [-0.4, -0.2) is 54.0 Å².